The number of aryl methyl sites for hydroxylation is 1. The third kappa shape index (κ3) is 3.46. The van der Waals surface area contributed by atoms with E-state index in [1.165, 1.54) is 0 Å². The summed E-state index contributed by atoms with van der Waals surface area (Å²) in [6, 6.07) is 0. The van der Waals surface area contributed by atoms with Gasteiger partial charge in [-0.3, -0.25) is 4.68 Å². The van der Waals surface area contributed by atoms with E-state index in [4.69, 9.17) is 11.5 Å². The molecular weight excluding hydrogens is 172 g/mol. The highest BCUT2D eigenvalue weighted by Gasteiger charge is 1.96. The van der Waals surface area contributed by atoms with Crippen molar-refractivity contribution in [3.05, 3.63) is 12.4 Å². The zero-order chi connectivity index (χ0) is 9.68. The van der Waals surface area contributed by atoms with E-state index in [0.29, 0.717) is 25.3 Å². The standard InChI is InChI=1S/C7H12N4O2/c8-6-4-10-11(5-6)2-1-3-13-7(9)12/h4-5H,1-3,8H2,(H2,9,12). The Kier molecular flexibility index (Phi) is 3.13. The van der Waals surface area contributed by atoms with Crippen LogP contribution in [0.4, 0.5) is 10.5 Å². The molecule has 13 heavy (non-hydrogen) atoms. The van der Waals surface area contributed by atoms with Crippen molar-refractivity contribution in [2.75, 3.05) is 12.3 Å². The Morgan fingerprint density at radius 1 is 1.69 bits per heavy atom. The third-order valence-electron chi connectivity index (χ3n) is 1.43. The van der Waals surface area contributed by atoms with Gasteiger partial charge in [-0.15, -0.1) is 0 Å². The summed E-state index contributed by atoms with van der Waals surface area (Å²) in [7, 11) is 0. The second-order valence-electron chi connectivity index (χ2n) is 2.56. The number of nitrogens with two attached hydrogens (primary N) is 2. The van der Waals surface area contributed by atoms with Crippen LogP contribution in [0, 0.1) is 0 Å². The molecule has 0 spiro atoms. The lowest BCUT2D eigenvalue weighted by Gasteiger charge is -2.01. The van der Waals surface area contributed by atoms with E-state index in [0.717, 1.165) is 0 Å². The molecule has 0 aliphatic carbocycles. The smallest absolute Gasteiger partial charge is 0.404 e. The number of ether oxygens (including phenoxy) is 1. The summed E-state index contributed by atoms with van der Waals surface area (Å²) < 4.78 is 6.22. The van der Waals surface area contributed by atoms with Crippen molar-refractivity contribution in [1.82, 2.24) is 9.78 Å². The number of primary amides is 1. The van der Waals surface area contributed by atoms with E-state index in [2.05, 4.69) is 9.84 Å². The number of hydrogen-bond acceptors (Lipinski definition) is 4. The summed E-state index contributed by atoms with van der Waals surface area (Å²) in [5, 5.41) is 3.95. The first-order chi connectivity index (χ1) is 6.18. The molecule has 0 radical (unpaired) electrons. The Balaban J connectivity index is 2.16. The Labute approximate surface area is 75.5 Å². The molecular formula is C7H12N4O2. The first-order valence-electron chi connectivity index (χ1n) is 3.88. The summed E-state index contributed by atoms with van der Waals surface area (Å²) >= 11 is 0. The van der Waals surface area contributed by atoms with Gasteiger partial charge >= 0.3 is 6.09 Å². The highest BCUT2D eigenvalue weighted by atomic mass is 16.5. The van der Waals surface area contributed by atoms with Gasteiger partial charge in [0.1, 0.15) is 0 Å². The van der Waals surface area contributed by atoms with E-state index in [9.17, 15) is 4.79 Å². The molecule has 1 rings (SSSR count). The molecule has 0 bridgehead atoms. The molecule has 0 saturated carbocycles. The number of carbonyl (C=O) groups excluding carboxylic acids is 1. The molecule has 0 saturated heterocycles. The van der Waals surface area contributed by atoms with E-state index >= 15 is 0 Å². The quantitative estimate of drug-likeness (QED) is 0.641. The van der Waals surface area contributed by atoms with Gasteiger partial charge in [0, 0.05) is 19.2 Å². The first-order valence-corrected chi connectivity index (χ1v) is 3.88. The van der Waals surface area contributed by atoms with Gasteiger partial charge < -0.3 is 16.2 Å². The Hall–Kier alpha value is -1.72. The molecule has 0 aliphatic heterocycles. The van der Waals surface area contributed by atoms with Crippen molar-refractivity contribution in [1.29, 1.82) is 0 Å². The minimum absolute atomic E-state index is 0.301. The van der Waals surface area contributed by atoms with Crippen molar-refractivity contribution >= 4 is 11.8 Å². The van der Waals surface area contributed by atoms with Crippen molar-refractivity contribution in [2.24, 2.45) is 5.73 Å². The summed E-state index contributed by atoms with van der Waals surface area (Å²) in [6.45, 7) is 0.958. The molecule has 1 aromatic rings. The monoisotopic (exact) mass is 184 g/mol. The molecule has 0 aliphatic rings. The largest absolute Gasteiger partial charge is 0.450 e. The van der Waals surface area contributed by atoms with Gasteiger partial charge in [-0.25, -0.2) is 4.79 Å². The van der Waals surface area contributed by atoms with Crippen LogP contribution >= 0.6 is 0 Å². The zero-order valence-corrected chi connectivity index (χ0v) is 7.14. The van der Waals surface area contributed by atoms with Gasteiger partial charge in [-0.1, -0.05) is 0 Å². The second-order valence-corrected chi connectivity index (χ2v) is 2.56. The number of anilines is 1. The van der Waals surface area contributed by atoms with Gasteiger partial charge in [0.25, 0.3) is 0 Å². The van der Waals surface area contributed by atoms with Crippen molar-refractivity contribution < 1.29 is 9.53 Å². The predicted molar refractivity (Wildman–Crippen MR) is 46.8 cm³/mol. The van der Waals surface area contributed by atoms with Crippen LogP contribution < -0.4 is 11.5 Å². The molecule has 0 fully saturated rings. The Morgan fingerprint density at radius 2 is 2.46 bits per heavy atom. The van der Waals surface area contributed by atoms with Crippen molar-refractivity contribution in [3.8, 4) is 0 Å². The van der Waals surface area contributed by atoms with Crippen LogP contribution in [0.2, 0.25) is 0 Å². The Bertz CT molecular complexity index is 284. The molecule has 1 heterocycles. The van der Waals surface area contributed by atoms with Crippen LogP contribution in [-0.4, -0.2) is 22.5 Å². The number of rotatable bonds is 4. The minimum Gasteiger partial charge on any atom is -0.450 e. The van der Waals surface area contributed by atoms with Crippen LogP contribution in [-0.2, 0) is 11.3 Å². The highest BCUT2D eigenvalue weighted by molar-refractivity contribution is 5.64. The van der Waals surface area contributed by atoms with Gasteiger partial charge in [-0.2, -0.15) is 5.10 Å². The minimum atomic E-state index is -0.750. The number of aromatic nitrogens is 2. The van der Waals surface area contributed by atoms with E-state index in [1.54, 1.807) is 17.1 Å². The van der Waals surface area contributed by atoms with Gasteiger partial charge in [0.15, 0.2) is 0 Å². The maximum absolute atomic E-state index is 10.2. The fourth-order valence-corrected chi connectivity index (χ4v) is 0.901. The molecule has 72 valence electrons. The predicted octanol–water partition coefficient (Wildman–Crippen LogP) is -0.0493. The molecule has 0 aromatic carbocycles. The summed E-state index contributed by atoms with van der Waals surface area (Å²) in [5.74, 6) is 0. The second kappa shape index (κ2) is 4.34. The van der Waals surface area contributed by atoms with Crippen molar-refractivity contribution in [3.63, 3.8) is 0 Å². The number of nitrogens with zero attached hydrogens (tertiary/aromatic N) is 2. The van der Waals surface area contributed by atoms with E-state index in [1.807, 2.05) is 0 Å². The van der Waals surface area contributed by atoms with E-state index in [-0.39, 0.29) is 0 Å². The molecule has 0 unspecified atom stereocenters. The zero-order valence-electron chi connectivity index (χ0n) is 7.14. The average molecular weight is 184 g/mol. The van der Waals surface area contributed by atoms with Gasteiger partial charge in [0.05, 0.1) is 18.5 Å². The third-order valence-corrected chi connectivity index (χ3v) is 1.43. The van der Waals surface area contributed by atoms with Crippen LogP contribution in [0.3, 0.4) is 0 Å². The molecule has 0 atom stereocenters. The number of hydrogen-bond donors (Lipinski definition) is 2. The molecule has 6 heteroatoms. The van der Waals surface area contributed by atoms with E-state index < -0.39 is 6.09 Å². The van der Waals surface area contributed by atoms with Crippen LogP contribution in [0.15, 0.2) is 12.4 Å². The molecule has 6 nitrogen and oxygen atoms in total. The molecule has 4 N–H and O–H groups in total. The maximum atomic E-state index is 10.2. The number of amides is 1. The van der Waals surface area contributed by atoms with Crippen LogP contribution in [0.1, 0.15) is 6.42 Å². The topological polar surface area (TPSA) is 96.2 Å². The summed E-state index contributed by atoms with van der Waals surface area (Å²) in [4.78, 5) is 10.2. The average Bonchev–Trinajstić information content (AvgIpc) is 2.45. The Morgan fingerprint density at radius 3 is 3.00 bits per heavy atom. The van der Waals surface area contributed by atoms with Crippen LogP contribution in [0.25, 0.3) is 0 Å². The lowest BCUT2D eigenvalue weighted by atomic mass is 10.4. The lowest BCUT2D eigenvalue weighted by Crippen LogP contribution is -2.14. The van der Waals surface area contributed by atoms with Crippen LogP contribution in [0.5, 0.6) is 0 Å². The number of carbonyl (C=O) groups is 1. The summed E-state index contributed by atoms with van der Waals surface area (Å²) in [6.07, 6.45) is 3.20. The highest BCUT2D eigenvalue weighted by Crippen LogP contribution is 1.98. The van der Waals surface area contributed by atoms with Crippen molar-refractivity contribution in [2.45, 2.75) is 13.0 Å². The number of nitrogen functional groups attached to an aromatic ring is 1. The summed E-state index contributed by atoms with van der Waals surface area (Å²) in [5.41, 5.74) is 10.8. The molecule has 1 amide bonds. The normalized spacial score (nSPS) is 9.85. The molecule has 1 aromatic heterocycles. The van der Waals surface area contributed by atoms with Gasteiger partial charge in [0.2, 0.25) is 0 Å². The maximum Gasteiger partial charge on any atom is 0.404 e. The fraction of sp³-hybridized carbons (Fsp3) is 0.429. The lowest BCUT2D eigenvalue weighted by molar-refractivity contribution is 0.153. The fourth-order valence-electron chi connectivity index (χ4n) is 0.901. The van der Waals surface area contributed by atoms with Gasteiger partial charge in [-0.05, 0) is 0 Å². The SMILES string of the molecule is NC(=O)OCCCn1cc(N)cn1. The first kappa shape index (κ1) is 9.37.